The number of hydrogen-bond acceptors (Lipinski definition) is 2. The van der Waals surface area contributed by atoms with Gasteiger partial charge in [-0.3, -0.25) is 0 Å². The highest BCUT2D eigenvalue weighted by Crippen LogP contribution is 2.78. The lowest BCUT2D eigenvalue weighted by atomic mass is 9.30. The molecule has 1 saturated heterocycles. The third-order valence-electron chi connectivity index (χ3n) is 6.23. The molecule has 2 aliphatic heterocycles. The van der Waals surface area contributed by atoms with Crippen LogP contribution in [0.1, 0.15) is 32.6 Å². The van der Waals surface area contributed by atoms with Crippen LogP contribution in [0.15, 0.2) is 23.9 Å². The lowest BCUT2D eigenvalue weighted by Crippen LogP contribution is -2.70. The fourth-order valence-corrected chi connectivity index (χ4v) is 5.23. The van der Waals surface area contributed by atoms with E-state index in [1.165, 1.54) is 37.9 Å². The van der Waals surface area contributed by atoms with E-state index in [-0.39, 0.29) is 0 Å². The van der Waals surface area contributed by atoms with Gasteiger partial charge in [-0.15, -0.1) is 0 Å². The first-order chi connectivity index (χ1) is 9.82. The van der Waals surface area contributed by atoms with Crippen molar-refractivity contribution in [3.63, 3.8) is 0 Å². The summed E-state index contributed by atoms with van der Waals surface area (Å²) >= 11 is 0. The number of nitrogens with zero attached hydrogens (tertiary/aromatic N) is 1. The number of allylic oxidation sites excluding steroid dienone is 2. The number of halogens is 2. The highest BCUT2D eigenvalue weighted by Gasteiger charge is 2.70. The smallest absolute Gasteiger partial charge is 0.268 e. The molecule has 0 aromatic carbocycles. The third kappa shape index (κ3) is 1.98. The van der Waals surface area contributed by atoms with Gasteiger partial charge in [-0.1, -0.05) is 12.2 Å². The van der Waals surface area contributed by atoms with Gasteiger partial charge in [-0.2, -0.15) is 0 Å². The number of likely N-dealkylation sites (N-methyl/N-ethyl adjacent to an activating group) is 1. The minimum absolute atomic E-state index is 0.494. The standard InChI is InChI=1S/C17H24F2N2/c1-15(18,19)14-4-3-12(8-21(14)2)5-16-9-17(10-16,11-16)13-6-20-7-13/h3-4,8,13-14,20H,5-7,9-11H2,1-2H3. The summed E-state index contributed by atoms with van der Waals surface area (Å²) in [6.45, 7) is 3.40. The first-order valence-corrected chi connectivity index (χ1v) is 8.01. The summed E-state index contributed by atoms with van der Waals surface area (Å²) in [5, 5.41) is 3.38. The van der Waals surface area contributed by atoms with Crippen molar-refractivity contribution in [2.75, 3.05) is 20.1 Å². The van der Waals surface area contributed by atoms with Crippen LogP contribution in [0.25, 0.3) is 0 Å². The van der Waals surface area contributed by atoms with E-state index in [4.69, 9.17) is 0 Å². The zero-order chi connectivity index (χ0) is 14.9. The molecule has 1 unspecified atom stereocenters. The number of nitrogens with one attached hydrogen (secondary N) is 1. The van der Waals surface area contributed by atoms with Crippen molar-refractivity contribution in [1.29, 1.82) is 0 Å². The lowest BCUT2D eigenvalue weighted by molar-refractivity contribution is -0.242. The van der Waals surface area contributed by atoms with Crippen LogP contribution in [-0.4, -0.2) is 37.0 Å². The van der Waals surface area contributed by atoms with Crippen LogP contribution in [-0.2, 0) is 0 Å². The largest absolute Gasteiger partial charge is 0.368 e. The molecule has 4 fully saturated rings. The molecule has 3 aliphatic carbocycles. The monoisotopic (exact) mass is 294 g/mol. The molecule has 2 nitrogen and oxygen atoms in total. The Morgan fingerprint density at radius 3 is 2.48 bits per heavy atom. The first-order valence-electron chi connectivity index (χ1n) is 8.01. The van der Waals surface area contributed by atoms with E-state index in [1.807, 2.05) is 12.3 Å². The Labute approximate surface area is 125 Å². The van der Waals surface area contributed by atoms with Crippen LogP contribution < -0.4 is 5.32 Å². The average Bonchev–Trinajstić information content (AvgIpc) is 2.20. The average molecular weight is 294 g/mol. The Morgan fingerprint density at radius 2 is 2.00 bits per heavy atom. The van der Waals surface area contributed by atoms with E-state index in [2.05, 4.69) is 5.32 Å². The van der Waals surface area contributed by atoms with Gasteiger partial charge in [0.25, 0.3) is 5.92 Å². The van der Waals surface area contributed by atoms with E-state index in [1.54, 1.807) is 18.0 Å². The number of hydrogen-bond donors (Lipinski definition) is 1. The molecular formula is C17H24F2N2. The molecule has 0 aromatic heterocycles. The first kappa shape index (κ1) is 13.7. The second-order valence-corrected chi connectivity index (χ2v) is 8.05. The van der Waals surface area contributed by atoms with Gasteiger partial charge in [0.05, 0.1) is 0 Å². The second-order valence-electron chi connectivity index (χ2n) is 8.05. The van der Waals surface area contributed by atoms with Crippen molar-refractivity contribution in [2.24, 2.45) is 16.7 Å². The van der Waals surface area contributed by atoms with Crippen molar-refractivity contribution in [3.8, 4) is 0 Å². The molecule has 4 heteroatoms. The number of alkyl halides is 2. The molecule has 0 amide bonds. The summed E-state index contributed by atoms with van der Waals surface area (Å²) < 4.78 is 26.9. The normalized spacial score (nSPS) is 42.0. The summed E-state index contributed by atoms with van der Waals surface area (Å²) in [5.41, 5.74) is 2.36. The van der Waals surface area contributed by atoms with Crippen LogP contribution in [0.3, 0.4) is 0 Å². The zero-order valence-electron chi connectivity index (χ0n) is 12.8. The van der Waals surface area contributed by atoms with Gasteiger partial charge < -0.3 is 10.2 Å². The van der Waals surface area contributed by atoms with Gasteiger partial charge in [0.2, 0.25) is 0 Å². The van der Waals surface area contributed by atoms with E-state index < -0.39 is 12.0 Å². The van der Waals surface area contributed by atoms with Crippen LogP contribution in [0.4, 0.5) is 8.78 Å². The summed E-state index contributed by atoms with van der Waals surface area (Å²) in [6.07, 6.45) is 10.7. The second kappa shape index (κ2) is 4.09. The van der Waals surface area contributed by atoms with Crippen LogP contribution >= 0.6 is 0 Å². The summed E-state index contributed by atoms with van der Waals surface area (Å²) in [7, 11) is 1.76. The molecule has 1 atom stereocenters. The SMILES string of the molecule is CN1C=C(CC23CC(C4CNC4)(C2)C3)C=CC1C(C)(F)F. The topological polar surface area (TPSA) is 15.3 Å². The van der Waals surface area contributed by atoms with Gasteiger partial charge in [0.15, 0.2) is 0 Å². The maximum absolute atomic E-state index is 13.5. The summed E-state index contributed by atoms with van der Waals surface area (Å²) in [4.78, 5) is 1.67. The van der Waals surface area contributed by atoms with Crippen molar-refractivity contribution < 1.29 is 8.78 Å². The van der Waals surface area contributed by atoms with Gasteiger partial charge >= 0.3 is 0 Å². The van der Waals surface area contributed by atoms with Crippen LogP contribution in [0.5, 0.6) is 0 Å². The highest BCUT2D eigenvalue weighted by atomic mass is 19.3. The Hall–Kier alpha value is -0.900. The van der Waals surface area contributed by atoms with E-state index in [0.717, 1.165) is 19.3 Å². The minimum Gasteiger partial charge on any atom is -0.368 e. The van der Waals surface area contributed by atoms with Crippen molar-refractivity contribution in [1.82, 2.24) is 10.2 Å². The minimum atomic E-state index is -2.69. The molecular weight excluding hydrogens is 270 g/mol. The Balaban J connectivity index is 1.37. The molecule has 5 rings (SSSR count). The molecule has 2 heterocycles. The summed E-state index contributed by atoms with van der Waals surface area (Å²) in [5.74, 6) is -1.79. The Bertz CT molecular complexity index is 494. The van der Waals surface area contributed by atoms with Crippen LogP contribution in [0.2, 0.25) is 0 Å². The Morgan fingerprint density at radius 1 is 1.33 bits per heavy atom. The maximum atomic E-state index is 13.5. The van der Waals surface area contributed by atoms with Crippen molar-refractivity contribution in [3.05, 3.63) is 23.9 Å². The van der Waals surface area contributed by atoms with Gasteiger partial charge in [-0.05, 0) is 61.1 Å². The quantitative estimate of drug-likeness (QED) is 0.857. The van der Waals surface area contributed by atoms with Crippen molar-refractivity contribution in [2.45, 2.75) is 44.6 Å². The molecule has 2 bridgehead atoms. The third-order valence-corrected chi connectivity index (χ3v) is 6.23. The predicted octanol–water partition coefficient (Wildman–Crippen LogP) is 3.18. The maximum Gasteiger partial charge on any atom is 0.268 e. The zero-order valence-corrected chi connectivity index (χ0v) is 12.8. The molecule has 5 aliphatic rings. The summed E-state index contributed by atoms with van der Waals surface area (Å²) in [6, 6.07) is -0.804. The van der Waals surface area contributed by atoms with Gasteiger partial charge in [0, 0.05) is 20.2 Å². The fraction of sp³-hybridized carbons (Fsp3) is 0.765. The fourth-order valence-electron chi connectivity index (χ4n) is 5.23. The van der Waals surface area contributed by atoms with E-state index in [9.17, 15) is 8.78 Å². The molecule has 21 heavy (non-hydrogen) atoms. The van der Waals surface area contributed by atoms with E-state index in [0.29, 0.717) is 10.8 Å². The van der Waals surface area contributed by atoms with Crippen molar-refractivity contribution >= 4 is 0 Å². The molecule has 0 spiro atoms. The van der Waals surface area contributed by atoms with E-state index >= 15 is 0 Å². The Kier molecular flexibility index (Phi) is 2.68. The number of rotatable bonds is 4. The molecule has 0 radical (unpaired) electrons. The molecule has 116 valence electrons. The lowest BCUT2D eigenvalue weighted by Gasteiger charge is -2.75. The van der Waals surface area contributed by atoms with Gasteiger partial charge in [0.1, 0.15) is 6.04 Å². The van der Waals surface area contributed by atoms with Gasteiger partial charge in [-0.25, -0.2) is 8.78 Å². The molecule has 0 aromatic rings. The van der Waals surface area contributed by atoms with Crippen LogP contribution in [0, 0.1) is 16.7 Å². The molecule has 1 N–H and O–H groups in total. The highest BCUT2D eigenvalue weighted by molar-refractivity contribution is 5.31. The predicted molar refractivity (Wildman–Crippen MR) is 79.1 cm³/mol. The molecule has 3 saturated carbocycles.